The summed E-state index contributed by atoms with van der Waals surface area (Å²) in [4.78, 5) is 0. The molecule has 1 aliphatic rings. The van der Waals surface area contributed by atoms with Crippen molar-refractivity contribution in [1.82, 2.24) is 20.6 Å². The lowest BCUT2D eigenvalue weighted by Gasteiger charge is -1.96. The zero-order chi connectivity index (χ0) is 10.2. The molecule has 0 fully saturated rings. The van der Waals surface area contributed by atoms with E-state index in [0.717, 1.165) is 0 Å². The number of rotatable bonds is 1. The van der Waals surface area contributed by atoms with Gasteiger partial charge in [0.15, 0.2) is 5.82 Å². The van der Waals surface area contributed by atoms with Gasteiger partial charge in [0.05, 0.1) is 6.54 Å². The minimum Gasteiger partial charge on any atom is -0.324 e. The lowest BCUT2D eigenvalue weighted by Crippen LogP contribution is -1.97. The second-order valence-electron chi connectivity index (χ2n) is 2.96. The molecule has 14 heavy (non-hydrogen) atoms. The molecule has 0 spiro atoms. The highest BCUT2D eigenvalue weighted by Gasteiger charge is 1.87. The van der Waals surface area contributed by atoms with Crippen LogP contribution in [-0.2, 0) is 6.54 Å². The molecule has 1 heterocycles. The first-order valence-corrected chi connectivity index (χ1v) is 4.58. The Bertz CT molecular complexity index is 299. The van der Waals surface area contributed by atoms with Crippen molar-refractivity contribution >= 4 is 0 Å². The molecule has 0 amide bonds. The van der Waals surface area contributed by atoms with Crippen LogP contribution in [0.3, 0.4) is 0 Å². The Morgan fingerprint density at radius 1 is 1.50 bits per heavy atom. The Kier molecular flexibility index (Phi) is 4.57. The maximum Gasteiger partial charge on any atom is 0.188 e. The van der Waals surface area contributed by atoms with Crippen LogP contribution in [0.1, 0.15) is 25.6 Å². The molecule has 76 valence electrons. The van der Waals surface area contributed by atoms with Crippen molar-refractivity contribution in [3.05, 3.63) is 29.6 Å². The molecule has 1 aromatic rings. The molecule has 0 aliphatic heterocycles. The number of H-pyrrole nitrogens is 1. The average Bonchev–Trinajstić information content (AvgIpc) is 2.72. The largest absolute Gasteiger partial charge is 0.324 e. The molecule has 1 aliphatic carbocycles. The Hall–Kier alpha value is -1.49. The summed E-state index contributed by atoms with van der Waals surface area (Å²) in [6, 6.07) is 0. The molecule has 0 bridgehead atoms. The van der Waals surface area contributed by atoms with E-state index in [2.05, 4.69) is 45.8 Å². The molecule has 0 atom stereocenters. The van der Waals surface area contributed by atoms with Crippen LogP contribution in [0.5, 0.6) is 0 Å². The van der Waals surface area contributed by atoms with Crippen molar-refractivity contribution < 1.29 is 0 Å². The van der Waals surface area contributed by atoms with Gasteiger partial charge in [-0.2, -0.15) is 5.21 Å². The third-order valence-electron chi connectivity index (χ3n) is 1.75. The monoisotopic (exact) mass is 193 g/mol. The fourth-order valence-electron chi connectivity index (χ4n) is 1.01. The van der Waals surface area contributed by atoms with Gasteiger partial charge < -0.3 is 5.73 Å². The summed E-state index contributed by atoms with van der Waals surface area (Å²) in [7, 11) is 0. The van der Waals surface area contributed by atoms with E-state index in [4.69, 9.17) is 5.73 Å². The van der Waals surface area contributed by atoms with Gasteiger partial charge in [0.1, 0.15) is 0 Å². The highest BCUT2D eigenvalue weighted by atomic mass is 15.5. The molecule has 1 aromatic heterocycles. The van der Waals surface area contributed by atoms with Gasteiger partial charge in [0.2, 0.25) is 0 Å². The minimum atomic E-state index is 0.344. The first-order valence-electron chi connectivity index (χ1n) is 4.58. The Morgan fingerprint density at radius 3 is 2.64 bits per heavy atom. The fraction of sp³-hybridized carbons (Fsp3) is 0.444. The normalized spacial score (nSPS) is 14.3. The summed E-state index contributed by atoms with van der Waals surface area (Å²) < 4.78 is 0. The maximum atomic E-state index is 5.11. The van der Waals surface area contributed by atoms with E-state index < -0.39 is 0 Å². The van der Waals surface area contributed by atoms with E-state index in [0.29, 0.717) is 12.4 Å². The summed E-state index contributed by atoms with van der Waals surface area (Å²) in [5.41, 5.74) is 6.52. The van der Waals surface area contributed by atoms with Crippen LogP contribution in [-0.4, -0.2) is 20.6 Å². The lowest BCUT2D eigenvalue weighted by molar-refractivity contribution is 0.881. The van der Waals surface area contributed by atoms with E-state index >= 15 is 0 Å². The standard InChI is InChI=1S/C7H10.C2H5N5/c1-7-5-3-2-4-6-7;3-1-2-4-6-7-5-2/h3,5-6H,2,4H2,1H3;1,3H2,(H,4,5,6,7). The molecule has 0 unspecified atom stereocenters. The van der Waals surface area contributed by atoms with Gasteiger partial charge in [-0.1, -0.05) is 29.0 Å². The highest BCUT2D eigenvalue weighted by molar-refractivity contribution is 5.18. The van der Waals surface area contributed by atoms with Crippen LogP contribution in [0, 0.1) is 0 Å². The highest BCUT2D eigenvalue weighted by Crippen LogP contribution is 2.06. The van der Waals surface area contributed by atoms with Crippen LogP contribution >= 0.6 is 0 Å². The zero-order valence-corrected chi connectivity index (χ0v) is 8.27. The van der Waals surface area contributed by atoms with E-state index in [-0.39, 0.29) is 0 Å². The summed E-state index contributed by atoms with van der Waals surface area (Å²) >= 11 is 0. The van der Waals surface area contributed by atoms with E-state index in [1.54, 1.807) is 0 Å². The van der Waals surface area contributed by atoms with Crippen molar-refractivity contribution in [3.8, 4) is 0 Å². The number of hydrogen-bond donors (Lipinski definition) is 2. The van der Waals surface area contributed by atoms with Crippen LogP contribution in [0.15, 0.2) is 23.8 Å². The van der Waals surface area contributed by atoms with E-state index in [9.17, 15) is 0 Å². The van der Waals surface area contributed by atoms with Crippen molar-refractivity contribution in [2.24, 2.45) is 5.73 Å². The van der Waals surface area contributed by atoms with Crippen LogP contribution < -0.4 is 5.73 Å². The predicted octanol–water partition coefficient (Wildman–Crippen LogP) is 0.941. The van der Waals surface area contributed by atoms with Gasteiger partial charge in [-0.15, -0.1) is 10.2 Å². The van der Waals surface area contributed by atoms with E-state index in [1.165, 1.54) is 18.4 Å². The van der Waals surface area contributed by atoms with Crippen molar-refractivity contribution in [1.29, 1.82) is 0 Å². The second-order valence-corrected chi connectivity index (χ2v) is 2.96. The first-order chi connectivity index (χ1) is 6.83. The predicted molar refractivity (Wildman–Crippen MR) is 54.2 cm³/mol. The molecule has 0 aromatic carbocycles. The Morgan fingerprint density at radius 2 is 2.36 bits per heavy atom. The fourth-order valence-corrected chi connectivity index (χ4v) is 1.01. The summed E-state index contributed by atoms with van der Waals surface area (Å²) in [5.74, 6) is 0.542. The van der Waals surface area contributed by atoms with Crippen LogP contribution in [0.25, 0.3) is 0 Å². The smallest absolute Gasteiger partial charge is 0.188 e. The SMILES string of the molecule is CC1=CCCC=C1.NCc1nn[nH]n1. The van der Waals surface area contributed by atoms with Crippen LogP contribution in [0.4, 0.5) is 0 Å². The molecular formula is C9H15N5. The number of nitrogens with two attached hydrogens (primary N) is 1. The van der Waals surface area contributed by atoms with Gasteiger partial charge in [0.25, 0.3) is 0 Å². The molecule has 5 nitrogen and oxygen atoms in total. The first kappa shape index (κ1) is 10.6. The number of aromatic amines is 1. The number of nitrogens with one attached hydrogen (secondary N) is 1. The quantitative estimate of drug-likeness (QED) is 0.695. The summed E-state index contributed by atoms with van der Waals surface area (Å²) in [5, 5.41) is 12.7. The lowest BCUT2D eigenvalue weighted by atomic mass is 10.1. The molecule has 5 heteroatoms. The van der Waals surface area contributed by atoms with Gasteiger partial charge in [-0.3, -0.25) is 0 Å². The van der Waals surface area contributed by atoms with Crippen molar-refractivity contribution in [3.63, 3.8) is 0 Å². The molecule has 3 N–H and O–H groups in total. The minimum absolute atomic E-state index is 0.344. The zero-order valence-electron chi connectivity index (χ0n) is 8.27. The van der Waals surface area contributed by atoms with Crippen LogP contribution in [0.2, 0.25) is 0 Å². The van der Waals surface area contributed by atoms with Gasteiger partial charge in [0, 0.05) is 0 Å². The van der Waals surface area contributed by atoms with Crippen molar-refractivity contribution in [2.45, 2.75) is 26.3 Å². The third kappa shape index (κ3) is 3.95. The van der Waals surface area contributed by atoms with Crippen molar-refractivity contribution in [2.75, 3.05) is 0 Å². The third-order valence-corrected chi connectivity index (χ3v) is 1.75. The number of aromatic nitrogens is 4. The second kappa shape index (κ2) is 6.04. The molecule has 2 rings (SSSR count). The molecule has 0 radical (unpaired) electrons. The van der Waals surface area contributed by atoms with Gasteiger partial charge in [-0.05, 0) is 19.8 Å². The number of tetrazole rings is 1. The summed E-state index contributed by atoms with van der Waals surface area (Å²) in [6.45, 7) is 2.48. The topological polar surface area (TPSA) is 80.5 Å². The number of nitrogens with zero attached hydrogens (tertiary/aromatic N) is 3. The molecular weight excluding hydrogens is 178 g/mol. The number of allylic oxidation sites excluding steroid dienone is 4. The van der Waals surface area contributed by atoms with E-state index in [1.807, 2.05) is 0 Å². The Balaban J connectivity index is 0.000000140. The maximum absolute atomic E-state index is 5.11. The number of hydrogen-bond acceptors (Lipinski definition) is 4. The summed E-state index contributed by atoms with van der Waals surface area (Å²) in [6.07, 6.45) is 9.12. The Labute approximate surface area is 83.1 Å². The van der Waals surface area contributed by atoms with Gasteiger partial charge in [-0.25, -0.2) is 0 Å². The van der Waals surface area contributed by atoms with Gasteiger partial charge >= 0.3 is 0 Å². The average molecular weight is 193 g/mol. The molecule has 0 saturated heterocycles. The molecule has 0 saturated carbocycles.